The Morgan fingerprint density at radius 2 is 2.35 bits per heavy atom. The smallest absolute Gasteiger partial charge is 0.244 e. The molecule has 1 unspecified atom stereocenters. The van der Waals surface area contributed by atoms with Crippen molar-refractivity contribution in [2.24, 2.45) is 0 Å². The second-order valence-corrected chi connectivity index (χ2v) is 4.84. The number of aromatic nitrogens is 2. The number of nitrogens with zero attached hydrogens (tertiary/aromatic N) is 2. The van der Waals surface area contributed by atoms with Crippen LogP contribution in [0.25, 0.3) is 0 Å². The maximum Gasteiger partial charge on any atom is 0.244 e. The minimum atomic E-state index is -0.353. The quantitative estimate of drug-likeness (QED) is 0.865. The van der Waals surface area contributed by atoms with Gasteiger partial charge in [0.25, 0.3) is 0 Å². The molecule has 0 bridgehead atoms. The number of likely N-dealkylation sites (N-methyl/N-ethyl adjacent to an activating group) is 1. The van der Waals surface area contributed by atoms with Gasteiger partial charge in [-0.15, -0.1) is 0 Å². The molecule has 0 fully saturated rings. The topological polar surface area (TPSA) is 61.0 Å². The number of carbonyl (C=O) groups excluding carboxylic acids is 1. The number of anilines is 1. The average molecular weight is 274 g/mol. The minimum absolute atomic E-state index is 0.0933. The molecule has 0 saturated heterocycles. The number of halogens is 1. The van der Waals surface area contributed by atoms with E-state index in [1.165, 1.54) is 17.0 Å². The number of H-pyrrole nitrogens is 1. The molecule has 2 aromatic rings. The number of rotatable bonds is 2. The van der Waals surface area contributed by atoms with Crippen molar-refractivity contribution >= 4 is 11.6 Å². The number of hydrogen-bond donors (Lipinski definition) is 2. The first kappa shape index (κ1) is 12.8. The zero-order chi connectivity index (χ0) is 14.1. The first-order valence-corrected chi connectivity index (χ1v) is 6.43. The third-order valence-corrected chi connectivity index (χ3v) is 3.55. The van der Waals surface area contributed by atoms with Crippen LogP contribution in [0.2, 0.25) is 0 Å². The standard InChI is InChI=1S/C14H15FN4O/c1-19(10-4-2-3-9(15)5-10)14(20)12-6-11-13(7-16-12)18-8-17-11/h2-5,8,12,16H,6-7H2,1H3,(H,17,18). The maximum atomic E-state index is 13.2. The molecule has 1 aliphatic heterocycles. The minimum Gasteiger partial charge on any atom is -0.347 e. The first-order valence-electron chi connectivity index (χ1n) is 6.43. The Kier molecular flexibility index (Phi) is 3.23. The molecule has 0 spiro atoms. The monoisotopic (exact) mass is 274 g/mol. The highest BCUT2D eigenvalue weighted by atomic mass is 19.1. The molecule has 3 rings (SSSR count). The van der Waals surface area contributed by atoms with Gasteiger partial charge in [-0.05, 0) is 18.2 Å². The van der Waals surface area contributed by atoms with Crippen molar-refractivity contribution in [3.8, 4) is 0 Å². The Balaban J connectivity index is 1.76. The largest absolute Gasteiger partial charge is 0.347 e. The van der Waals surface area contributed by atoms with E-state index in [1.54, 1.807) is 25.5 Å². The fraction of sp³-hybridized carbons (Fsp3) is 0.286. The van der Waals surface area contributed by atoms with Gasteiger partial charge in [-0.25, -0.2) is 9.37 Å². The Hall–Kier alpha value is -2.21. The number of aromatic amines is 1. The van der Waals surface area contributed by atoms with E-state index < -0.39 is 0 Å². The Bertz CT molecular complexity index is 640. The summed E-state index contributed by atoms with van der Waals surface area (Å²) < 4.78 is 13.2. The predicted octanol–water partition coefficient (Wildman–Crippen LogP) is 1.23. The van der Waals surface area contributed by atoms with Crippen molar-refractivity contribution in [2.45, 2.75) is 19.0 Å². The lowest BCUT2D eigenvalue weighted by Crippen LogP contribution is -2.48. The summed E-state index contributed by atoms with van der Waals surface area (Å²) >= 11 is 0. The molecule has 1 aliphatic rings. The summed E-state index contributed by atoms with van der Waals surface area (Å²) in [6, 6.07) is 5.68. The number of carbonyl (C=O) groups is 1. The van der Waals surface area contributed by atoms with Crippen LogP contribution in [0.15, 0.2) is 30.6 Å². The summed E-state index contributed by atoms with van der Waals surface area (Å²) in [6.45, 7) is 0.586. The number of amides is 1. The van der Waals surface area contributed by atoms with Crippen LogP contribution in [0.1, 0.15) is 11.4 Å². The lowest BCUT2D eigenvalue weighted by Gasteiger charge is -2.27. The number of fused-ring (bicyclic) bond motifs is 1. The number of benzene rings is 1. The van der Waals surface area contributed by atoms with E-state index in [-0.39, 0.29) is 17.8 Å². The molecular weight excluding hydrogens is 259 g/mol. The fourth-order valence-corrected chi connectivity index (χ4v) is 2.39. The Morgan fingerprint density at radius 1 is 1.50 bits per heavy atom. The van der Waals surface area contributed by atoms with Crippen molar-refractivity contribution in [1.82, 2.24) is 15.3 Å². The summed E-state index contributed by atoms with van der Waals surface area (Å²) in [4.78, 5) is 21.2. The number of nitrogens with one attached hydrogen (secondary N) is 2. The van der Waals surface area contributed by atoms with E-state index >= 15 is 0 Å². The molecule has 2 heterocycles. The highest BCUT2D eigenvalue weighted by molar-refractivity contribution is 5.97. The summed E-state index contributed by atoms with van der Waals surface area (Å²) in [7, 11) is 1.65. The molecule has 1 atom stereocenters. The van der Waals surface area contributed by atoms with Crippen molar-refractivity contribution in [3.05, 3.63) is 47.8 Å². The molecule has 0 saturated carbocycles. The van der Waals surface area contributed by atoms with Gasteiger partial charge >= 0.3 is 0 Å². The lowest BCUT2D eigenvalue weighted by molar-refractivity contribution is -0.120. The SMILES string of the molecule is CN(C(=O)C1Cc2nc[nH]c2CN1)c1cccc(F)c1. The highest BCUT2D eigenvalue weighted by Crippen LogP contribution is 2.18. The normalized spacial score (nSPS) is 17.6. The molecule has 1 aromatic heterocycles. The van der Waals surface area contributed by atoms with Crippen molar-refractivity contribution in [1.29, 1.82) is 0 Å². The Morgan fingerprint density at radius 3 is 3.15 bits per heavy atom. The molecule has 0 aliphatic carbocycles. The van der Waals surface area contributed by atoms with Gasteiger partial charge in [0, 0.05) is 25.7 Å². The van der Waals surface area contributed by atoms with Crippen LogP contribution in [0.5, 0.6) is 0 Å². The van der Waals surface area contributed by atoms with Gasteiger partial charge in [0.1, 0.15) is 5.82 Å². The van der Waals surface area contributed by atoms with Crippen LogP contribution in [-0.4, -0.2) is 29.0 Å². The van der Waals surface area contributed by atoms with Gasteiger partial charge in [-0.3, -0.25) is 10.1 Å². The molecule has 5 nitrogen and oxygen atoms in total. The summed E-state index contributed by atoms with van der Waals surface area (Å²) in [5.74, 6) is -0.447. The number of hydrogen-bond acceptors (Lipinski definition) is 3. The Labute approximate surface area is 115 Å². The average Bonchev–Trinajstić information content (AvgIpc) is 2.93. The van der Waals surface area contributed by atoms with Gasteiger partial charge in [-0.2, -0.15) is 0 Å². The zero-order valence-corrected chi connectivity index (χ0v) is 11.1. The van der Waals surface area contributed by atoms with Crippen molar-refractivity contribution in [2.75, 3.05) is 11.9 Å². The van der Waals surface area contributed by atoms with Crippen LogP contribution in [0.3, 0.4) is 0 Å². The molecule has 0 radical (unpaired) electrons. The van der Waals surface area contributed by atoms with Gasteiger partial charge in [0.15, 0.2) is 0 Å². The molecule has 2 N–H and O–H groups in total. The molecular formula is C14H15FN4O. The van der Waals surface area contributed by atoms with Gasteiger partial charge in [0.2, 0.25) is 5.91 Å². The second-order valence-electron chi connectivity index (χ2n) is 4.84. The predicted molar refractivity (Wildman–Crippen MR) is 72.7 cm³/mol. The number of imidazole rings is 1. The van der Waals surface area contributed by atoms with Gasteiger partial charge in [0.05, 0.1) is 23.8 Å². The van der Waals surface area contributed by atoms with E-state index in [0.717, 1.165) is 11.4 Å². The van der Waals surface area contributed by atoms with Crippen molar-refractivity contribution in [3.63, 3.8) is 0 Å². The van der Waals surface area contributed by atoms with E-state index in [1.807, 2.05) is 0 Å². The summed E-state index contributed by atoms with van der Waals surface area (Å²) in [5, 5.41) is 3.17. The molecule has 104 valence electrons. The summed E-state index contributed by atoms with van der Waals surface area (Å²) in [6.07, 6.45) is 2.17. The van der Waals surface area contributed by atoms with E-state index in [2.05, 4.69) is 15.3 Å². The fourth-order valence-electron chi connectivity index (χ4n) is 2.39. The van der Waals surface area contributed by atoms with Crippen LogP contribution >= 0.6 is 0 Å². The van der Waals surface area contributed by atoms with Crippen LogP contribution in [0.4, 0.5) is 10.1 Å². The van der Waals surface area contributed by atoms with Crippen LogP contribution in [-0.2, 0) is 17.8 Å². The van der Waals surface area contributed by atoms with E-state index in [0.29, 0.717) is 18.7 Å². The third kappa shape index (κ3) is 2.30. The van der Waals surface area contributed by atoms with E-state index in [4.69, 9.17) is 0 Å². The van der Waals surface area contributed by atoms with Crippen LogP contribution in [0, 0.1) is 5.82 Å². The van der Waals surface area contributed by atoms with E-state index in [9.17, 15) is 9.18 Å². The molecule has 20 heavy (non-hydrogen) atoms. The third-order valence-electron chi connectivity index (χ3n) is 3.55. The maximum absolute atomic E-state index is 13.2. The van der Waals surface area contributed by atoms with Crippen molar-refractivity contribution < 1.29 is 9.18 Å². The highest BCUT2D eigenvalue weighted by Gasteiger charge is 2.28. The second kappa shape index (κ2) is 5.05. The molecule has 6 heteroatoms. The first-order chi connectivity index (χ1) is 9.65. The molecule has 1 aromatic carbocycles. The van der Waals surface area contributed by atoms with Gasteiger partial charge < -0.3 is 9.88 Å². The summed E-state index contributed by atoms with van der Waals surface area (Å²) in [5.41, 5.74) is 2.47. The lowest BCUT2D eigenvalue weighted by atomic mass is 10.0. The zero-order valence-electron chi connectivity index (χ0n) is 11.1. The van der Waals surface area contributed by atoms with Gasteiger partial charge in [-0.1, -0.05) is 6.07 Å². The van der Waals surface area contributed by atoms with Crippen LogP contribution < -0.4 is 10.2 Å². The molecule has 1 amide bonds.